The average Bonchev–Trinajstić information content (AvgIpc) is 2.38. The van der Waals surface area contributed by atoms with E-state index in [1.165, 1.54) is 6.20 Å². The number of nitrogens with one attached hydrogen (secondary N) is 1. The Morgan fingerprint density at radius 3 is 2.72 bits per heavy atom. The van der Waals surface area contributed by atoms with Crippen LogP contribution in [0.25, 0.3) is 0 Å². The van der Waals surface area contributed by atoms with Crippen molar-refractivity contribution in [3.05, 3.63) is 23.9 Å². The first-order valence-electron chi connectivity index (χ1n) is 6.09. The predicted molar refractivity (Wildman–Crippen MR) is 69.5 cm³/mol. The summed E-state index contributed by atoms with van der Waals surface area (Å²) in [5.74, 6) is 0.445. The van der Waals surface area contributed by atoms with E-state index in [4.69, 9.17) is 9.84 Å². The Morgan fingerprint density at radius 1 is 1.50 bits per heavy atom. The van der Waals surface area contributed by atoms with Crippen LogP contribution >= 0.6 is 0 Å². The second-order valence-electron chi connectivity index (χ2n) is 4.25. The maximum atomic E-state index is 11.4. The summed E-state index contributed by atoms with van der Waals surface area (Å²) >= 11 is 0. The number of ether oxygens (including phenoxy) is 1. The minimum atomic E-state index is -0.367. The minimum Gasteiger partial charge on any atom is -0.462 e. The third-order valence-electron chi connectivity index (χ3n) is 2.79. The summed E-state index contributed by atoms with van der Waals surface area (Å²) in [4.78, 5) is 15.6. The Bertz CT molecular complexity index is 378. The molecule has 2 unspecified atom stereocenters. The molecular formula is C13H20N2O3. The molecular weight excluding hydrogens is 232 g/mol. The number of carbonyl (C=O) groups excluding carboxylic acids is 1. The van der Waals surface area contributed by atoms with Gasteiger partial charge < -0.3 is 15.2 Å². The van der Waals surface area contributed by atoms with Crippen LogP contribution in [0.3, 0.4) is 0 Å². The number of hydrogen-bond acceptors (Lipinski definition) is 5. The lowest BCUT2D eigenvalue weighted by Gasteiger charge is -2.19. The molecule has 0 bridgehead atoms. The highest BCUT2D eigenvalue weighted by Gasteiger charge is 2.12. The van der Waals surface area contributed by atoms with Gasteiger partial charge in [0.2, 0.25) is 0 Å². The zero-order chi connectivity index (χ0) is 13.5. The standard InChI is InChI=1S/C13H20N2O3/c1-4-18-13(17)11-5-6-12(14-7-11)15-10(3)9(2)8-16/h5-7,9-10,16H,4,8H2,1-3H3,(H,14,15). The third-order valence-corrected chi connectivity index (χ3v) is 2.79. The lowest BCUT2D eigenvalue weighted by molar-refractivity contribution is 0.0526. The first kappa shape index (κ1) is 14.4. The summed E-state index contributed by atoms with van der Waals surface area (Å²) in [7, 11) is 0. The summed E-state index contributed by atoms with van der Waals surface area (Å²) in [6.45, 7) is 6.16. The van der Waals surface area contributed by atoms with E-state index in [1.807, 2.05) is 13.8 Å². The van der Waals surface area contributed by atoms with E-state index >= 15 is 0 Å². The zero-order valence-electron chi connectivity index (χ0n) is 11.0. The van der Waals surface area contributed by atoms with Crippen LogP contribution in [0, 0.1) is 5.92 Å². The molecule has 1 rings (SSSR count). The quantitative estimate of drug-likeness (QED) is 0.754. The van der Waals surface area contributed by atoms with Gasteiger partial charge in [0, 0.05) is 18.8 Å². The molecule has 0 spiro atoms. The van der Waals surface area contributed by atoms with Gasteiger partial charge in [-0.05, 0) is 31.9 Å². The van der Waals surface area contributed by atoms with Crippen LogP contribution in [-0.2, 0) is 4.74 Å². The second-order valence-corrected chi connectivity index (χ2v) is 4.25. The largest absolute Gasteiger partial charge is 0.462 e. The second kappa shape index (κ2) is 6.96. The van der Waals surface area contributed by atoms with Crippen LogP contribution in [-0.4, -0.2) is 35.3 Å². The Balaban J connectivity index is 2.63. The summed E-state index contributed by atoms with van der Waals surface area (Å²) in [6, 6.07) is 3.51. The molecule has 5 heteroatoms. The van der Waals surface area contributed by atoms with Crippen molar-refractivity contribution in [3.8, 4) is 0 Å². The molecule has 0 amide bonds. The Morgan fingerprint density at radius 2 is 2.22 bits per heavy atom. The SMILES string of the molecule is CCOC(=O)c1ccc(NC(C)C(C)CO)nc1. The van der Waals surface area contributed by atoms with Crippen molar-refractivity contribution in [3.63, 3.8) is 0 Å². The van der Waals surface area contributed by atoms with Crippen molar-refractivity contribution in [1.82, 2.24) is 4.98 Å². The number of rotatable bonds is 6. The monoisotopic (exact) mass is 252 g/mol. The van der Waals surface area contributed by atoms with Crippen LogP contribution in [0.15, 0.2) is 18.3 Å². The molecule has 100 valence electrons. The lowest BCUT2D eigenvalue weighted by Crippen LogP contribution is -2.26. The van der Waals surface area contributed by atoms with Crippen molar-refractivity contribution in [1.29, 1.82) is 0 Å². The number of nitrogens with zero attached hydrogens (tertiary/aromatic N) is 1. The van der Waals surface area contributed by atoms with E-state index in [-0.39, 0.29) is 24.5 Å². The number of aromatic nitrogens is 1. The van der Waals surface area contributed by atoms with E-state index < -0.39 is 0 Å². The van der Waals surface area contributed by atoms with Gasteiger partial charge in [-0.15, -0.1) is 0 Å². The van der Waals surface area contributed by atoms with Gasteiger partial charge in [-0.2, -0.15) is 0 Å². The van der Waals surface area contributed by atoms with Gasteiger partial charge in [0.15, 0.2) is 0 Å². The highest BCUT2D eigenvalue weighted by molar-refractivity contribution is 5.89. The molecule has 0 fully saturated rings. The molecule has 0 aliphatic rings. The van der Waals surface area contributed by atoms with Crippen molar-refractivity contribution < 1.29 is 14.6 Å². The number of carbonyl (C=O) groups is 1. The van der Waals surface area contributed by atoms with Gasteiger partial charge in [-0.1, -0.05) is 6.92 Å². The Hall–Kier alpha value is -1.62. The maximum Gasteiger partial charge on any atom is 0.339 e. The molecule has 0 aliphatic heterocycles. The molecule has 1 aromatic rings. The summed E-state index contributed by atoms with van der Waals surface area (Å²) < 4.78 is 4.87. The van der Waals surface area contributed by atoms with Crippen LogP contribution in [0.5, 0.6) is 0 Å². The number of pyridine rings is 1. The number of aliphatic hydroxyl groups is 1. The molecule has 0 aliphatic carbocycles. The normalized spacial score (nSPS) is 13.8. The molecule has 0 radical (unpaired) electrons. The van der Waals surface area contributed by atoms with Gasteiger partial charge in [0.1, 0.15) is 5.82 Å². The first-order chi connectivity index (χ1) is 8.58. The van der Waals surface area contributed by atoms with Crippen molar-refractivity contribution in [2.24, 2.45) is 5.92 Å². The average molecular weight is 252 g/mol. The van der Waals surface area contributed by atoms with E-state index in [0.717, 1.165) is 0 Å². The minimum absolute atomic E-state index is 0.107. The van der Waals surface area contributed by atoms with Crippen LogP contribution in [0.4, 0.5) is 5.82 Å². The van der Waals surface area contributed by atoms with Crippen LogP contribution < -0.4 is 5.32 Å². The number of esters is 1. The molecule has 18 heavy (non-hydrogen) atoms. The van der Waals surface area contributed by atoms with Crippen LogP contribution in [0.1, 0.15) is 31.1 Å². The topological polar surface area (TPSA) is 71.5 Å². The van der Waals surface area contributed by atoms with Crippen molar-refractivity contribution in [2.45, 2.75) is 26.8 Å². The Kier molecular flexibility index (Phi) is 5.58. The van der Waals surface area contributed by atoms with Gasteiger partial charge in [0.25, 0.3) is 0 Å². The summed E-state index contributed by atoms with van der Waals surface area (Å²) in [6.07, 6.45) is 1.48. The highest BCUT2D eigenvalue weighted by Crippen LogP contribution is 2.11. The zero-order valence-corrected chi connectivity index (χ0v) is 11.0. The van der Waals surface area contributed by atoms with Gasteiger partial charge in [-0.3, -0.25) is 0 Å². The molecule has 2 atom stereocenters. The molecule has 0 aromatic carbocycles. The molecule has 0 saturated carbocycles. The molecule has 0 saturated heterocycles. The van der Waals surface area contributed by atoms with Crippen molar-refractivity contribution >= 4 is 11.8 Å². The number of anilines is 1. The smallest absolute Gasteiger partial charge is 0.339 e. The van der Waals surface area contributed by atoms with E-state index in [0.29, 0.717) is 18.0 Å². The predicted octanol–water partition coefficient (Wildman–Crippen LogP) is 1.69. The first-order valence-corrected chi connectivity index (χ1v) is 6.09. The molecule has 5 nitrogen and oxygen atoms in total. The fraction of sp³-hybridized carbons (Fsp3) is 0.538. The Labute approximate surface area is 107 Å². The van der Waals surface area contributed by atoms with Gasteiger partial charge in [-0.25, -0.2) is 9.78 Å². The van der Waals surface area contributed by atoms with Crippen molar-refractivity contribution in [2.75, 3.05) is 18.5 Å². The van der Waals surface area contributed by atoms with E-state index in [1.54, 1.807) is 19.1 Å². The number of hydrogen-bond donors (Lipinski definition) is 2. The number of aliphatic hydroxyl groups excluding tert-OH is 1. The molecule has 2 N–H and O–H groups in total. The van der Waals surface area contributed by atoms with Crippen LogP contribution in [0.2, 0.25) is 0 Å². The van der Waals surface area contributed by atoms with Gasteiger partial charge >= 0.3 is 5.97 Å². The van der Waals surface area contributed by atoms with E-state index in [2.05, 4.69) is 10.3 Å². The maximum absolute atomic E-state index is 11.4. The fourth-order valence-corrected chi connectivity index (χ4v) is 1.35. The highest BCUT2D eigenvalue weighted by atomic mass is 16.5. The van der Waals surface area contributed by atoms with E-state index in [9.17, 15) is 4.79 Å². The molecule has 1 heterocycles. The molecule has 1 aromatic heterocycles. The van der Waals surface area contributed by atoms with Gasteiger partial charge in [0.05, 0.1) is 12.2 Å². The lowest BCUT2D eigenvalue weighted by atomic mass is 10.1. The third kappa shape index (κ3) is 4.00. The fourth-order valence-electron chi connectivity index (χ4n) is 1.35. The summed E-state index contributed by atoms with van der Waals surface area (Å²) in [5.41, 5.74) is 0.435. The summed E-state index contributed by atoms with van der Waals surface area (Å²) in [5, 5.41) is 12.2.